The minimum Gasteiger partial charge on any atom is -0.369 e. The molecule has 0 radical (unpaired) electrons. The molecule has 1 aliphatic rings. The number of amides is 1. The molecule has 1 aliphatic carbocycles. The van der Waals surface area contributed by atoms with Crippen LogP contribution in [0.2, 0.25) is 5.02 Å². The number of nitrogens with two attached hydrogens (primary N) is 1. The molecule has 0 spiro atoms. The van der Waals surface area contributed by atoms with Gasteiger partial charge in [-0.1, -0.05) is 48.0 Å². The van der Waals surface area contributed by atoms with E-state index in [1.54, 1.807) is 0 Å². The number of nitrogens with one attached hydrogen (secondary N) is 1. The zero-order valence-electron chi connectivity index (χ0n) is 11.6. The van der Waals surface area contributed by atoms with Crippen LogP contribution in [0.4, 0.5) is 0 Å². The summed E-state index contributed by atoms with van der Waals surface area (Å²) < 4.78 is 0. The van der Waals surface area contributed by atoms with Crippen molar-refractivity contribution in [3.8, 4) is 11.1 Å². The highest BCUT2D eigenvalue weighted by Crippen LogP contribution is 2.44. The highest BCUT2D eigenvalue weighted by Gasteiger charge is 2.39. The lowest BCUT2D eigenvalue weighted by Gasteiger charge is -2.10. The van der Waals surface area contributed by atoms with Crippen molar-refractivity contribution in [3.05, 3.63) is 59.1 Å². The van der Waals surface area contributed by atoms with E-state index in [0.29, 0.717) is 12.0 Å². The van der Waals surface area contributed by atoms with Crippen molar-refractivity contribution in [2.75, 3.05) is 6.54 Å². The van der Waals surface area contributed by atoms with E-state index in [1.165, 1.54) is 11.1 Å². The average molecular weight is 301 g/mol. The van der Waals surface area contributed by atoms with Gasteiger partial charge in [0.2, 0.25) is 5.91 Å². The molecule has 3 rings (SSSR count). The van der Waals surface area contributed by atoms with Gasteiger partial charge in [0.25, 0.3) is 0 Å². The summed E-state index contributed by atoms with van der Waals surface area (Å²) in [4.78, 5) is 10.8. The quantitative estimate of drug-likeness (QED) is 0.892. The Bertz CT molecular complexity index is 671. The normalized spacial score (nSPS) is 20.2. The van der Waals surface area contributed by atoms with E-state index in [-0.39, 0.29) is 12.5 Å². The van der Waals surface area contributed by atoms with Crippen LogP contribution >= 0.6 is 11.6 Å². The Hall–Kier alpha value is -1.84. The highest BCUT2D eigenvalue weighted by molar-refractivity contribution is 6.30. The first kappa shape index (κ1) is 14.1. The van der Waals surface area contributed by atoms with Gasteiger partial charge in [-0.05, 0) is 35.2 Å². The van der Waals surface area contributed by atoms with Gasteiger partial charge in [0.05, 0.1) is 6.54 Å². The van der Waals surface area contributed by atoms with Crippen LogP contribution in [0.5, 0.6) is 0 Å². The van der Waals surface area contributed by atoms with Crippen LogP contribution in [-0.2, 0) is 4.79 Å². The van der Waals surface area contributed by atoms with Crippen LogP contribution in [-0.4, -0.2) is 18.5 Å². The number of hydrogen-bond donors (Lipinski definition) is 2. The summed E-state index contributed by atoms with van der Waals surface area (Å²) >= 11 is 6.09. The van der Waals surface area contributed by atoms with E-state index in [9.17, 15) is 4.79 Å². The van der Waals surface area contributed by atoms with Gasteiger partial charge in [0.15, 0.2) is 0 Å². The first-order chi connectivity index (χ1) is 10.1. The van der Waals surface area contributed by atoms with E-state index < -0.39 is 0 Å². The van der Waals surface area contributed by atoms with Crippen molar-refractivity contribution in [2.45, 2.75) is 18.4 Å². The molecule has 0 unspecified atom stereocenters. The summed E-state index contributed by atoms with van der Waals surface area (Å²) in [7, 11) is 0. The summed E-state index contributed by atoms with van der Waals surface area (Å²) in [6.07, 6.45) is 1.03. The number of carbonyl (C=O) groups is 1. The monoisotopic (exact) mass is 300 g/mol. The van der Waals surface area contributed by atoms with E-state index >= 15 is 0 Å². The second-order valence-corrected chi connectivity index (χ2v) is 5.83. The first-order valence-electron chi connectivity index (χ1n) is 7.01. The van der Waals surface area contributed by atoms with Gasteiger partial charge >= 0.3 is 0 Å². The third kappa shape index (κ3) is 3.26. The molecular formula is C17H17ClN2O. The standard InChI is InChI=1S/C17H17ClN2O/c18-12-5-3-4-11(8-12)13-6-1-2-7-14(13)15-9-16(15)20-10-17(19)21/h1-8,15-16,20H,9-10H2,(H2,19,21)/t15-,16+/m0/s1. The maximum absolute atomic E-state index is 10.8. The van der Waals surface area contributed by atoms with Gasteiger partial charge in [0.1, 0.15) is 0 Å². The molecule has 2 atom stereocenters. The highest BCUT2D eigenvalue weighted by atomic mass is 35.5. The van der Waals surface area contributed by atoms with Crippen molar-refractivity contribution >= 4 is 17.5 Å². The molecular weight excluding hydrogens is 284 g/mol. The van der Waals surface area contributed by atoms with Crippen molar-refractivity contribution in [3.63, 3.8) is 0 Å². The second-order valence-electron chi connectivity index (χ2n) is 5.39. The van der Waals surface area contributed by atoms with Crippen molar-refractivity contribution in [1.82, 2.24) is 5.32 Å². The average Bonchev–Trinajstić information content (AvgIpc) is 3.24. The minimum atomic E-state index is -0.316. The van der Waals surface area contributed by atoms with Gasteiger partial charge in [-0.25, -0.2) is 0 Å². The van der Waals surface area contributed by atoms with E-state index in [0.717, 1.165) is 17.0 Å². The van der Waals surface area contributed by atoms with Crippen LogP contribution in [0, 0.1) is 0 Å². The van der Waals surface area contributed by atoms with Gasteiger partial charge < -0.3 is 11.1 Å². The van der Waals surface area contributed by atoms with E-state index in [4.69, 9.17) is 17.3 Å². The molecule has 21 heavy (non-hydrogen) atoms. The molecule has 2 aromatic carbocycles. The van der Waals surface area contributed by atoms with Gasteiger partial charge in [-0.15, -0.1) is 0 Å². The van der Waals surface area contributed by atoms with Crippen LogP contribution < -0.4 is 11.1 Å². The lowest BCUT2D eigenvalue weighted by atomic mass is 9.96. The fourth-order valence-corrected chi connectivity index (χ4v) is 2.93. The van der Waals surface area contributed by atoms with E-state index in [2.05, 4.69) is 23.5 Å². The number of hydrogen-bond acceptors (Lipinski definition) is 2. The molecule has 0 aliphatic heterocycles. The number of rotatable bonds is 5. The summed E-state index contributed by atoms with van der Waals surface area (Å²) in [6, 6.07) is 16.6. The second kappa shape index (κ2) is 5.88. The lowest BCUT2D eigenvalue weighted by Crippen LogP contribution is -2.30. The Kier molecular flexibility index (Phi) is 3.95. The Morgan fingerprint density at radius 3 is 2.81 bits per heavy atom. The molecule has 3 nitrogen and oxygen atoms in total. The molecule has 0 heterocycles. The fourth-order valence-electron chi connectivity index (χ4n) is 2.74. The zero-order chi connectivity index (χ0) is 14.8. The predicted molar refractivity (Wildman–Crippen MR) is 85.2 cm³/mol. The SMILES string of the molecule is NC(=O)CN[C@@H]1C[C@H]1c1ccccc1-c1cccc(Cl)c1. The zero-order valence-corrected chi connectivity index (χ0v) is 12.3. The Morgan fingerprint density at radius 2 is 2.05 bits per heavy atom. The maximum Gasteiger partial charge on any atom is 0.231 e. The maximum atomic E-state index is 10.8. The topological polar surface area (TPSA) is 55.1 Å². The first-order valence-corrected chi connectivity index (χ1v) is 7.39. The minimum absolute atomic E-state index is 0.237. The number of carbonyl (C=O) groups excluding carboxylic acids is 1. The largest absolute Gasteiger partial charge is 0.369 e. The van der Waals surface area contributed by atoms with Crippen LogP contribution in [0.1, 0.15) is 17.9 Å². The molecule has 1 fully saturated rings. The smallest absolute Gasteiger partial charge is 0.231 e. The molecule has 0 aromatic heterocycles. The molecule has 0 saturated heterocycles. The van der Waals surface area contributed by atoms with Crippen molar-refractivity contribution in [2.24, 2.45) is 5.73 Å². The molecule has 108 valence electrons. The predicted octanol–water partition coefficient (Wildman–Crippen LogP) is 2.94. The van der Waals surface area contributed by atoms with Gasteiger partial charge in [-0.3, -0.25) is 4.79 Å². The fraction of sp³-hybridized carbons (Fsp3) is 0.235. The summed E-state index contributed by atoms with van der Waals surface area (Å²) in [5, 5.41) is 3.93. The summed E-state index contributed by atoms with van der Waals surface area (Å²) in [5.74, 6) is 0.114. The Labute approximate surface area is 129 Å². The van der Waals surface area contributed by atoms with Crippen LogP contribution in [0.25, 0.3) is 11.1 Å². The van der Waals surface area contributed by atoms with E-state index in [1.807, 2.05) is 30.3 Å². The van der Waals surface area contributed by atoms with Crippen molar-refractivity contribution in [1.29, 1.82) is 0 Å². The van der Waals surface area contributed by atoms with Crippen molar-refractivity contribution < 1.29 is 4.79 Å². The number of benzene rings is 2. The Morgan fingerprint density at radius 1 is 1.24 bits per heavy atom. The van der Waals surface area contributed by atoms with Crippen LogP contribution in [0.15, 0.2) is 48.5 Å². The van der Waals surface area contributed by atoms with Crippen LogP contribution in [0.3, 0.4) is 0 Å². The summed E-state index contributed by atoms with van der Waals surface area (Å²) in [6.45, 7) is 0.237. The molecule has 4 heteroatoms. The third-order valence-electron chi connectivity index (χ3n) is 3.82. The Balaban J connectivity index is 1.83. The summed E-state index contributed by atoms with van der Waals surface area (Å²) in [5.41, 5.74) is 8.79. The molecule has 2 aromatic rings. The molecule has 0 bridgehead atoms. The number of halogens is 1. The molecule has 3 N–H and O–H groups in total. The van der Waals surface area contributed by atoms with Gasteiger partial charge in [0, 0.05) is 17.0 Å². The molecule has 1 amide bonds. The number of primary amides is 1. The third-order valence-corrected chi connectivity index (χ3v) is 4.06. The lowest BCUT2D eigenvalue weighted by molar-refractivity contribution is -0.117. The van der Waals surface area contributed by atoms with Gasteiger partial charge in [-0.2, -0.15) is 0 Å². The molecule has 1 saturated carbocycles.